The molecular formula is C16H20N2O5. The van der Waals surface area contributed by atoms with Crippen molar-refractivity contribution in [1.82, 2.24) is 10.3 Å². The van der Waals surface area contributed by atoms with Gasteiger partial charge in [-0.15, -0.1) is 0 Å². The van der Waals surface area contributed by atoms with Crippen molar-refractivity contribution >= 4 is 23.0 Å². The molecule has 0 bridgehead atoms. The number of para-hydroxylation sites is 1. The molecule has 0 spiro atoms. The second-order valence-corrected chi connectivity index (χ2v) is 5.87. The average molecular weight is 320 g/mol. The van der Waals surface area contributed by atoms with Crippen LogP contribution < -0.4 is 5.32 Å². The molecule has 2 aromatic rings. The molecule has 0 aliphatic rings. The first kappa shape index (κ1) is 16.8. The first-order valence-electron chi connectivity index (χ1n) is 7.10. The van der Waals surface area contributed by atoms with E-state index in [1.165, 1.54) is 7.11 Å². The number of hydrogen-bond donors (Lipinski definition) is 3. The van der Waals surface area contributed by atoms with Crippen LogP contribution in [-0.2, 0) is 15.9 Å². The summed E-state index contributed by atoms with van der Waals surface area (Å²) in [6.07, 6.45) is 1.19. The van der Waals surface area contributed by atoms with Crippen LogP contribution in [0.25, 0.3) is 10.9 Å². The normalized spacial score (nSPS) is 11.4. The van der Waals surface area contributed by atoms with Gasteiger partial charge in [-0.1, -0.05) is 12.1 Å². The van der Waals surface area contributed by atoms with Gasteiger partial charge >= 0.3 is 12.1 Å². The molecule has 0 aliphatic carbocycles. The lowest BCUT2D eigenvalue weighted by Crippen LogP contribution is -2.44. The van der Waals surface area contributed by atoms with Crippen LogP contribution in [0.15, 0.2) is 24.4 Å². The van der Waals surface area contributed by atoms with Crippen LogP contribution in [0.1, 0.15) is 29.8 Å². The summed E-state index contributed by atoms with van der Waals surface area (Å²) in [5.74, 6) is -0.478. The van der Waals surface area contributed by atoms with E-state index >= 15 is 0 Å². The number of ether oxygens (including phenoxy) is 2. The monoisotopic (exact) mass is 320 g/mol. The smallest absolute Gasteiger partial charge is 0.405 e. The van der Waals surface area contributed by atoms with Crippen LogP contribution >= 0.6 is 0 Å². The predicted molar refractivity (Wildman–Crippen MR) is 84.5 cm³/mol. The number of H-pyrrole nitrogens is 1. The Morgan fingerprint density at radius 3 is 2.74 bits per heavy atom. The quantitative estimate of drug-likeness (QED) is 0.561. The largest absolute Gasteiger partial charge is 0.465 e. The molecule has 124 valence electrons. The summed E-state index contributed by atoms with van der Waals surface area (Å²) in [6.45, 7) is 3.49. The molecule has 3 N–H and O–H groups in total. The fourth-order valence-corrected chi connectivity index (χ4v) is 2.53. The number of rotatable bonds is 6. The molecule has 0 aliphatic heterocycles. The third-order valence-corrected chi connectivity index (χ3v) is 3.41. The highest BCUT2D eigenvalue weighted by Crippen LogP contribution is 2.25. The zero-order chi connectivity index (χ0) is 17.0. The van der Waals surface area contributed by atoms with Crippen molar-refractivity contribution in [1.29, 1.82) is 0 Å². The first-order chi connectivity index (χ1) is 10.8. The highest BCUT2D eigenvalue weighted by Gasteiger charge is 2.23. The molecule has 1 aromatic carbocycles. The summed E-state index contributed by atoms with van der Waals surface area (Å²) in [6, 6.07) is 5.31. The number of carbonyl (C=O) groups is 2. The number of carbonyl (C=O) groups excluding carboxylic acids is 1. The Morgan fingerprint density at radius 2 is 2.09 bits per heavy atom. The number of amides is 1. The molecular weight excluding hydrogens is 300 g/mol. The maximum absolute atomic E-state index is 12.0. The van der Waals surface area contributed by atoms with Gasteiger partial charge < -0.3 is 24.9 Å². The van der Waals surface area contributed by atoms with Crippen molar-refractivity contribution in [3.63, 3.8) is 0 Å². The standard InChI is InChI=1S/C16H20N2O5/c1-16(2,18-15(20)21)7-10-8-17-13-11(10)5-4-6-12(13)14(19)23-9-22-3/h4-6,8,17-18H,7,9H2,1-3H3,(H,20,21). The van der Waals surface area contributed by atoms with Crippen LogP contribution in [0, 0.1) is 0 Å². The van der Waals surface area contributed by atoms with E-state index in [0.717, 1.165) is 10.9 Å². The predicted octanol–water partition coefficient (Wildman–Crippen LogP) is 2.52. The van der Waals surface area contributed by atoms with Crippen molar-refractivity contribution in [3.05, 3.63) is 35.5 Å². The molecule has 1 amide bonds. The van der Waals surface area contributed by atoms with Gasteiger partial charge in [0.15, 0.2) is 6.79 Å². The zero-order valence-electron chi connectivity index (χ0n) is 13.3. The Bertz CT molecular complexity index is 720. The highest BCUT2D eigenvalue weighted by atomic mass is 16.7. The summed E-state index contributed by atoms with van der Waals surface area (Å²) in [7, 11) is 1.44. The molecule has 2 rings (SSSR count). The second kappa shape index (κ2) is 6.70. The third kappa shape index (κ3) is 4.01. The number of benzene rings is 1. The third-order valence-electron chi connectivity index (χ3n) is 3.41. The van der Waals surface area contributed by atoms with Gasteiger partial charge in [0.1, 0.15) is 0 Å². The Kier molecular flexibility index (Phi) is 4.90. The van der Waals surface area contributed by atoms with Gasteiger partial charge in [0.2, 0.25) is 0 Å². The number of hydrogen-bond acceptors (Lipinski definition) is 4. The maximum Gasteiger partial charge on any atom is 0.405 e. The molecule has 0 saturated heterocycles. The van der Waals surface area contributed by atoms with E-state index in [1.54, 1.807) is 32.2 Å². The molecule has 1 heterocycles. The van der Waals surface area contributed by atoms with Crippen molar-refractivity contribution < 1.29 is 24.2 Å². The van der Waals surface area contributed by atoms with Crippen molar-refractivity contribution in [3.8, 4) is 0 Å². The first-order valence-corrected chi connectivity index (χ1v) is 7.10. The van der Waals surface area contributed by atoms with Gasteiger partial charge in [0.05, 0.1) is 11.1 Å². The molecule has 0 atom stereocenters. The van der Waals surface area contributed by atoms with Crippen LogP contribution in [0.3, 0.4) is 0 Å². The Morgan fingerprint density at radius 1 is 1.35 bits per heavy atom. The van der Waals surface area contributed by atoms with E-state index in [2.05, 4.69) is 10.3 Å². The number of aromatic nitrogens is 1. The van der Waals surface area contributed by atoms with Gasteiger partial charge in [-0.2, -0.15) is 0 Å². The number of carboxylic acid groups (broad SMARTS) is 1. The highest BCUT2D eigenvalue weighted by molar-refractivity contribution is 6.03. The zero-order valence-corrected chi connectivity index (χ0v) is 13.3. The van der Waals surface area contributed by atoms with E-state index in [-0.39, 0.29) is 6.79 Å². The van der Waals surface area contributed by atoms with Crippen LogP contribution in [0.2, 0.25) is 0 Å². The lowest BCUT2D eigenvalue weighted by molar-refractivity contribution is -0.0123. The summed E-state index contributed by atoms with van der Waals surface area (Å²) in [5, 5.41) is 12.2. The molecule has 7 heteroatoms. The molecule has 7 nitrogen and oxygen atoms in total. The van der Waals surface area contributed by atoms with E-state index < -0.39 is 17.6 Å². The maximum atomic E-state index is 12.0. The number of nitrogens with one attached hydrogen (secondary N) is 2. The number of aromatic amines is 1. The van der Waals surface area contributed by atoms with Crippen LogP contribution in [0.5, 0.6) is 0 Å². The summed E-state index contributed by atoms with van der Waals surface area (Å²) >= 11 is 0. The lowest BCUT2D eigenvalue weighted by Gasteiger charge is -2.24. The number of fused-ring (bicyclic) bond motifs is 1. The SMILES string of the molecule is COCOC(=O)c1cccc2c(CC(C)(C)NC(=O)O)c[nH]c12. The molecule has 0 saturated carbocycles. The fourth-order valence-electron chi connectivity index (χ4n) is 2.53. The van der Waals surface area contributed by atoms with Crippen molar-refractivity contribution in [2.75, 3.05) is 13.9 Å². The molecule has 1 aromatic heterocycles. The molecule has 23 heavy (non-hydrogen) atoms. The van der Waals surface area contributed by atoms with E-state index in [4.69, 9.17) is 14.6 Å². The topological polar surface area (TPSA) is 101 Å². The van der Waals surface area contributed by atoms with Crippen molar-refractivity contribution in [2.24, 2.45) is 0 Å². The minimum Gasteiger partial charge on any atom is -0.465 e. The molecule has 0 radical (unpaired) electrons. The second-order valence-electron chi connectivity index (χ2n) is 5.87. The Balaban J connectivity index is 2.31. The van der Waals surface area contributed by atoms with E-state index in [0.29, 0.717) is 17.5 Å². The number of esters is 1. The lowest BCUT2D eigenvalue weighted by atomic mass is 9.94. The molecule has 0 fully saturated rings. The van der Waals surface area contributed by atoms with Gasteiger partial charge in [0.25, 0.3) is 0 Å². The average Bonchev–Trinajstić information content (AvgIpc) is 2.85. The van der Waals surface area contributed by atoms with Gasteiger partial charge in [-0.05, 0) is 31.9 Å². The fraction of sp³-hybridized carbons (Fsp3) is 0.375. The minimum absolute atomic E-state index is 0.113. The van der Waals surface area contributed by atoms with Crippen LogP contribution in [0.4, 0.5) is 4.79 Å². The Hall–Kier alpha value is -2.54. The van der Waals surface area contributed by atoms with Crippen molar-refractivity contribution in [2.45, 2.75) is 25.8 Å². The van der Waals surface area contributed by atoms with E-state index in [1.807, 2.05) is 6.07 Å². The minimum atomic E-state index is -1.07. The Labute approximate surface area is 133 Å². The summed E-state index contributed by atoms with van der Waals surface area (Å²) < 4.78 is 9.71. The number of methoxy groups -OCH3 is 1. The van der Waals surface area contributed by atoms with Gasteiger partial charge in [-0.25, -0.2) is 9.59 Å². The van der Waals surface area contributed by atoms with Gasteiger partial charge in [-0.3, -0.25) is 0 Å². The van der Waals surface area contributed by atoms with E-state index in [9.17, 15) is 9.59 Å². The van der Waals surface area contributed by atoms with Gasteiger partial charge in [0, 0.05) is 24.2 Å². The molecule has 0 unspecified atom stereocenters. The van der Waals surface area contributed by atoms with Crippen LogP contribution in [-0.4, -0.2) is 41.6 Å². The summed E-state index contributed by atoms with van der Waals surface area (Å²) in [5.41, 5.74) is 1.36. The summed E-state index contributed by atoms with van der Waals surface area (Å²) in [4.78, 5) is 26.0.